The third kappa shape index (κ3) is 4.90. The Bertz CT molecular complexity index is 339. The van der Waals surface area contributed by atoms with Gasteiger partial charge in [-0.15, -0.1) is 11.3 Å². The number of hydrogen-bond donors (Lipinski definition) is 1. The van der Waals surface area contributed by atoms with E-state index in [2.05, 4.69) is 42.5 Å². The van der Waals surface area contributed by atoms with Crippen LogP contribution in [-0.4, -0.2) is 18.1 Å². The molecule has 1 N–H and O–H groups in total. The second-order valence-corrected chi connectivity index (χ2v) is 5.53. The Morgan fingerprint density at radius 2 is 2.31 bits per heavy atom. The fourth-order valence-corrected chi connectivity index (χ4v) is 2.03. The van der Waals surface area contributed by atoms with Crippen LogP contribution in [0.2, 0.25) is 0 Å². The van der Waals surface area contributed by atoms with Gasteiger partial charge in [0.15, 0.2) is 0 Å². The standard InChI is InChI=1S/C13H22N2S/c1-5-12(8-14-7-10(2)3)6-13-9-16-11(4)15-13/h6,9-10,14H,5,7-8H2,1-4H3. The van der Waals surface area contributed by atoms with Gasteiger partial charge in [-0.25, -0.2) is 4.98 Å². The van der Waals surface area contributed by atoms with Crippen LogP contribution in [0, 0.1) is 12.8 Å². The van der Waals surface area contributed by atoms with E-state index in [9.17, 15) is 0 Å². The van der Waals surface area contributed by atoms with Crippen molar-refractivity contribution in [1.82, 2.24) is 10.3 Å². The maximum absolute atomic E-state index is 4.46. The van der Waals surface area contributed by atoms with Crippen molar-refractivity contribution in [1.29, 1.82) is 0 Å². The number of hydrogen-bond acceptors (Lipinski definition) is 3. The van der Waals surface area contributed by atoms with Gasteiger partial charge in [-0.05, 0) is 31.9 Å². The lowest BCUT2D eigenvalue weighted by atomic mass is 10.1. The van der Waals surface area contributed by atoms with Crippen LogP contribution in [0.15, 0.2) is 11.0 Å². The van der Waals surface area contributed by atoms with E-state index in [-0.39, 0.29) is 0 Å². The summed E-state index contributed by atoms with van der Waals surface area (Å²) in [4.78, 5) is 4.46. The molecule has 16 heavy (non-hydrogen) atoms. The summed E-state index contributed by atoms with van der Waals surface area (Å²) in [7, 11) is 0. The molecule has 0 atom stereocenters. The van der Waals surface area contributed by atoms with E-state index >= 15 is 0 Å². The molecule has 0 amide bonds. The zero-order valence-corrected chi connectivity index (χ0v) is 11.5. The van der Waals surface area contributed by atoms with Crippen molar-refractivity contribution >= 4 is 17.4 Å². The number of aromatic nitrogens is 1. The average molecular weight is 238 g/mol. The molecule has 0 unspecified atom stereocenters. The molecule has 0 saturated heterocycles. The van der Waals surface area contributed by atoms with Crippen LogP contribution in [0.5, 0.6) is 0 Å². The van der Waals surface area contributed by atoms with Gasteiger partial charge in [0.2, 0.25) is 0 Å². The molecule has 0 aliphatic heterocycles. The third-order valence-electron chi connectivity index (χ3n) is 2.35. The summed E-state index contributed by atoms with van der Waals surface area (Å²) in [6.07, 6.45) is 3.29. The quantitative estimate of drug-likeness (QED) is 0.820. The van der Waals surface area contributed by atoms with Gasteiger partial charge in [-0.1, -0.05) is 26.3 Å². The van der Waals surface area contributed by atoms with Crippen molar-refractivity contribution in [3.63, 3.8) is 0 Å². The van der Waals surface area contributed by atoms with Crippen LogP contribution in [0.25, 0.3) is 6.08 Å². The number of nitrogens with one attached hydrogen (secondary N) is 1. The first-order valence-corrected chi connectivity index (χ1v) is 6.82. The van der Waals surface area contributed by atoms with Crippen molar-refractivity contribution < 1.29 is 0 Å². The van der Waals surface area contributed by atoms with Crippen LogP contribution < -0.4 is 5.32 Å². The van der Waals surface area contributed by atoms with Gasteiger partial charge in [0.25, 0.3) is 0 Å². The molecule has 2 nitrogen and oxygen atoms in total. The molecule has 1 aromatic heterocycles. The fraction of sp³-hybridized carbons (Fsp3) is 0.615. The highest BCUT2D eigenvalue weighted by Gasteiger charge is 1.99. The maximum atomic E-state index is 4.46. The minimum absolute atomic E-state index is 0.708. The second kappa shape index (κ2) is 6.81. The Hall–Kier alpha value is -0.670. The molecule has 3 heteroatoms. The Balaban J connectivity index is 2.50. The normalized spacial score (nSPS) is 12.4. The molecule has 1 rings (SSSR count). The molecule has 1 heterocycles. The highest BCUT2D eigenvalue weighted by Crippen LogP contribution is 2.12. The predicted octanol–water partition coefficient (Wildman–Crippen LogP) is 3.49. The molecule has 0 bridgehead atoms. The van der Waals surface area contributed by atoms with E-state index in [0.717, 1.165) is 30.2 Å². The molecule has 0 aliphatic carbocycles. The summed E-state index contributed by atoms with van der Waals surface area (Å²) in [5, 5.41) is 6.72. The largest absolute Gasteiger partial charge is 0.313 e. The van der Waals surface area contributed by atoms with Crippen molar-refractivity contribution in [2.24, 2.45) is 5.92 Å². The van der Waals surface area contributed by atoms with E-state index in [0.29, 0.717) is 5.92 Å². The van der Waals surface area contributed by atoms with E-state index < -0.39 is 0 Å². The fourth-order valence-electron chi connectivity index (χ4n) is 1.46. The van der Waals surface area contributed by atoms with Crippen molar-refractivity contribution in [3.8, 4) is 0 Å². The van der Waals surface area contributed by atoms with Gasteiger partial charge in [-0.2, -0.15) is 0 Å². The Labute approximate surface area is 103 Å². The molecule has 0 spiro atoms. The van der Waals surface area contributed by atoms with Gasteiger partial charge in [-0.3, -0.25) is 0 Å². The molecule has 90 valence electrons. The summed E-state index contributed by atoms with van der Waals surface area (Å²) in [6, 6.07) is 0. The summed E-state index contributed by atoms with van der Waals surface area (Å²) in [5.41, 5.74) is 2.52. The molecule has 1 aromatic rings. The van der Waals surface area contributed by atoms with E-state index in [1.54, 1.807) is 11.3 Å². The Morgan fingerprint density at radius 1 is 1.56 bits per heavy atom. The summed E-state index contributed by atoms with van der Waals surface area (Å²) in [5.74, 6) is 0.708. The van der Waals surface area contributed by atoms with Crippen molar-refractivity contribution in [2.75, 3.05) is 13.1 Å². The molecule has 0 aromatic carbocycles. The first kappa shape index (κ1) is 13.4. The maximum Gasteiger partial charge on any atom is 0.0901 e. The number of aryl methyl sites for hydroxylation is 1. The van der Waals surface area contributed by atoms with E-state index in [1.807, 2.05) is 6.92 Å². The van der Waals surface area contributed by atoms with Gasteiger partial charge >= 0.3 is 0 Å². The number of nitrogens with zero attached hydrogens (tertiary/aromatic N) is 1. The van der Waals surface area contributed by atoms with Gasteiger partial charge in [0.1, 0.15) is 0 Å². The zero-order valence-electron chi connectivity index (χ0n) is 10.7. The van der Waals surface area contributed by atoms with Crippen LogP contribution in [-0.2, 0) is 0 Å². The third-order valence-corrected chi connectivity index (χ3v) is 3.14. The summed E-state index contributed by atoms with van der Waals surface area (Å²) < 4.78 is 0. The summed E-state index contributed by atoms with van der Waals surface area (Å²) in [6.45, 7) is 10.8. The minimum Gasteiger partial charge on any atom is -0.313 e. The van der Waals surface area contributed by atoms with E-state index in [4.69, 9.17) is 0 Å². The topological polar surface area (TPSA) is 24.9 Å². The number of thiazole rings is 1. The minimum atomic E-state index is 0.708. The summed E-state index contributed by atoms with van der Waals surface area (Å²) >= 11 is 1.71. The van der Waals surface area contributed by atoms with Crippen LogP contribution in [0.3, 0.4) is 0 Å². The Kier molecular flexibility index (Phi) is 5.71. The number of rotatable bonds is 6. The van der Waals surface area contributed by atoms with Gasteiger partial charge < -0.3 is 5.32 Å². The molecule has 0 fully saturated rings. The monoisotopic (exact) mass is 238 g/mol. The smallest absolute Gasteiger partial charge is 0.0901 e. The van der Waals surface area contributed by atoms with Crippen LogP contribution >= 0.6 is 11.3 Å². The molecular formula is C13H22N2S. The zero-order chi connectivity index (χ0) is 12.0. The lowest BCUT2D eigenvalue weighted by Gasteiger charge is -2.08. The first-order valence-electron chi connectivity index (χ1n) is 5.94. The van der Waals surface area contributed by atoms with Gasteiger partial charge in [0, 0.05) is 11.9 Å². The van der Waals surface area contributed by atoms with E-state index in [1.165, 1.54) is 5.57 Å². The average Bonchev–Trinajstić information content (AvgIpc) is 2.62. The molecule has 0 radical (unpaired) electrons. The van der Waals surface area contributed by atoms with Crippen LogP contribution in [0.1, 0.15) is 37.9 Å². The molecular weight excluding hydrogens is 216 g/mol. The lowest BCUT2D eigenvalue weighted by molar-refractivity contribution is 0.569. The first-order chi connectivity index (χ1) is 7.61. The van der Waals surface area contributed by atoms with Gasteiger partial charge in [0.05, 0.1) is 10.7 Å². The molecule has 0 saturated carbocycles. The van der Waals surface area contributed by atoms with Crippen LogP contribution in [0.4, 0.5) is 0 Å². The lowest BCUT2D eigenvalue weighted by Crippen LogP contribution is -2.21. The van der Waals surface area contributed by atoms with Crippen molar-refractivity contribution in [2.45, 2.75) is 34.1 Å². The predicted molar refractivity (Wildman–Crippen MR) is 72.8 cm³/mol. The highest BCUT2D eigenvalue weighted by molar-refractivity contribution is 7.09. The Morgan fingerprint density at radius 3 is 2.81 bits per heavy atom. The van der Waals surface area contributed by atoms with Crippen molar-refractivity contribution in [3.05, 3.63) is 21.7 Å². The SMILES string of the molecule is CCC(=Cc1csc(C)n1)CNCC(C)C. The molecule has 0 aliphatic rings. The highest BCUT2D eigenvalue weighted by atomic mass is 32.1. The second-order valence-electron chi connectivity index (χ2n) is 4.47.